The Morgan fingerprint density at radius 2 is 1.43 bits per heavy atom. The third-order valence-corrected chi connectivity index (χ3v) is 4.53. The molecule has 3 rings (SSSR count). The van der Waals surface area contributed by atoms with Crippen molar-refractivity contribution in [3.8, 4) is 0 Å². The van der Waals surface area contributed by atoms with Gasteiger partial charge in [0.1, 0.15) is 0 Å². The number of piperidine rings is 1. The summed E-state index contributed by atoms with van der Waals surface area (Å²) in [6.07, 6.45) is 8.81. The van der Waals surface area contributed by atoms with Gasteiger partial charge in [0.05, 0.1) is 0 Å². The van der Waals surface area contributed by atoms with Gasteiger partial charge in [-0.3, -0.25) is 4.90 Å². The third-order valence-electron chi connectivity index (χ3n) is 4.53. The van der Waals surface area contributed by atoms with E-state index in [1.165, 1.54) is 58.2 Å². The Morgan fingerprint density at radius 1 is 0.857 bits per heavy atom. The quantitative estimate of drug-likeness (QED) is 0.718. The molecule has 0 saturated carbocycles. The minimum absolute atomic E-state index is 0.981. The van der Waals surface area contributed by atoms with Crippen molar-refractivity contribution in [1.29, 1.82) is 0 Å². The number of nitrogens with zero attached hydrogens (tertiary/aromatic N) is 1. The van der Waals surface area contributed by atoms with Crippen molar-refractivity contribution >= 4 is 0 Å². The molecule has 1 N–H and O–H groups in total. The first-order valence-corrected chi connectivity index (χ1v) is 6.40. The Bertz CT molecular complexity index is 178. The lowest BCUT2D eigenvalue weighted by Crippen LogP contribution is -2.38. The third kappa shape index (κ3) is 1.59. The van der Waals surface area contributed by atoms with Gasteiger partial charge in [-0.2, -0.15) is 0 Å². The highest BCUT2D eigenvalue weighted by atomic mass is 15.2. The molecule has 0 aromatic heterocycles. The molecule has 2 nitrogen and oxygen atoms in total. The zero-order valence-corrected chi connectivity index (χ0v) is 9.04. The van der Waals surface area contributed by atoms with Crippen molar-refractivity contribution in [3.63, 3.8) is 0 Å². The molecule has 3 saturated heterocycles. The van der Waals surface area contributed by atoms with Crippen molar-refractivity contribution in [1.82, 2.24) is 10.2 Å². The monoisotopic (exact) mass is 194 g/mol. The summed E-state index contributed by atoms with van der Waals surface area (Å²) >= 11 is 0. The second kappa shape index (κ2) is 3.82. The van der Waals surface area contributed by atoms with Crippen molar-refractivity contribution < 1.29 is 0 Å². The number of hydrogen-bond donors (Lipinski definition) is 1. The summed E-state index contributed by atoms with van der Waals surface area (Å²) in [5.74, 6) is 0.998. The fraction of sp³-hybridized carbons (Fsp3) is 1.00. The van der Waals surface area contributed by atoms with E-state index in [0.29, 0.717) is 0 Å². The Kier molecular flexibility index (Phi) is 2.50. The van der Waals surface area contributed by atoms with E-state index in [2.05, 4.69) is 10.2 Å². The SMILES string of the molecule is C1CC(CN2C3CCC2CC3)CCN1. The fourth-order valence-corrected chi connectivity index (χ4v) is 3.68. The lowest BCUT2D eigenvalue weighted by molar-refractivity contribution is 0.189. The van der Waals surface area contributed by atoms with E-state index in [-0.39, 0.29) is 0 Å². The average molecular weight is 194 g/mol. The first kappa shape index (κ1) is 9.17. The van der Waals surface area contributed by atoms with Crippen LogP contribution < -0.4 is 5.32 Å². The van der Waals surface area contributed by atoms with E-state index in [1.807, 2.05) is 0 Å². The molecule has 3 aliphatic rings. The summed E-state index contributed by atoms with van der Waals surface area (Å²) in [5.41, 5.74) is 0. The minimum Gasteiger partial charge on any atom is -0.317 e. The van der Waals surface area contributed by atoms with Crippen molar-refractivity contribution in [2.45, 2.75) is 50.6 Å². The Balaban J connectivity index is 1.56. The topological polar surface area (TPSA) is 15.3 Å². The predicted molar refractivity (Wildman–Crippen MR) is 58.3 cm³/mol. The van der Waals surface area contributed by atoms with Crippen molar-refractivity contribution in [2.24, 2.45) is 5.92 Å². The van der Waals surface area contributed by atoms with E-state index in [1.54, 1.807) is 0 Å². The van der Waals surface area contributed by atoms with Gasteiger partial charge in [-0.05, 0) is 57.5 Å². The Morgan fingerprint density at radius 3 is 2.00 bits per heavy atom. The summed E-state index contributed by atoms with van der Waals surface area (Å²) in [5, 5.41) is 3.46. The normalized spacial score (nSPS) is 39.4. The number of hydrogen-bond acceptors (Lipinski definition) is 2. The van der Waals surface area contributed by atoms with Crippen molar-refractivity contribution in [3.05, 3.63) is 0 Å². The largest absolute Gasteiger partial charge is 0.317 e. The van der Waals surface area contributed by atoms with Gasteiger partial charge >= 0.3 is 0 Å². The molecule has 0 atom stereocenters. The van der Waals surface area contributed by atoms with Crippen LogP contribution in [0.2, 0.25) is 0 Å². The molecule has 0 spiro atoms. The van der Waals surface area contributed by atoms with E-state index in [4.69, 9.17) is 0 Å². The summed E-state index contributed by atoms with van der Waals surface area (Å²) in [6.45, 7) is 3.93. The van der Waals surface area contributed by atoms with E-state index >= 15 is 0 Å². The number of fused-ring (bicyclic) bond motifs is 2. The molecule has 0 radical (unpaired) electrons. The summed E-state index contributed by atoms with van der Waals surface area (Å²) in [4.78, 5) is 2.84. The van der Waals surface area contributed by atoms with E-state index in [9.17, 15) is 0 Å². The second-order valence-electron chi connectivity index (χ2n) is 5.35. The van der Waals surface area contributed by atoms with Gasteiger partial charge in [-0.25, -0.2) is 0 Å². The van der Waals surface area contributed by atoms with Crippen LogP contribution in [-0.4, -0.2) is 36.6 Å². The lowest BCUT2D eigenvalue weighted by atomic mass is 9.97. The first-order valence-electron chi connectivity index (χ1n) is 6.40. The molecule has 0 aliphatic carbocycles. The van der Waals surface area contributed by atoms with Gasteiger partial charge in [0.15, 0.2) is 0 Å². The molecule has 0 aromatic rings. The maximum Gasteiger partial charge on any atom is 0.00994 e. The maximum absolute atomic E-state index is 3.46. The molecular formula is C12H22N2. The summed E-state index contributed by atoms with van der Waals surface area (Å²) in [7, 11) is 0. The fourth-order valence-electron chi connectivity index (χ4n) is 3.68. The lowest BCUT2D eigenvalue weighted by Gasteiger charge is -2.30. The molecule has 0 aromatic carbocycles. The van der Waals surface area contributed by atoms with Gasteiger partial charge in [0.2, 0.25) is 0 Å². The number of nitrogens with one attached hydrogen (secondary N) is 1. The van der Waals surface area contributed by atoms with Crippen LogP contribution >= 0.6 is 0 Å². The zero-order chi connectivity index (χ0) is 9.38. The Labute approximate surface area is 87.0 Å². The van der Waals surface area contributed by atoms with Crippen LogP contribution in [0, 0.1) is 5.92 Å². The van der Waals surface area contributed by atoms with E-state index in [0.717, 1.165) is 18.0 Å². The van der Waals surface area contributed by atoms with Crippen LogP contribution in [0.3, 0.4) is 0 Å². The molecule has 14 heavy (non-hydrogen) atoms. The highest BCUT2D eigenvalue weighted by molar-refractivity contribution is 4.95. The molecule has 3 aliphatic heterocycles. The van der Waals surface area contributed by atoms with Crippen LogP contribution in [0.15, 0.2) is 0 Å². The molecule has 0 amide bonds. The number of rotatable bonds is 2. The smallest absolute Gasteiger partial charge is 0.00994 e. The molecular weight excluding hydrogens is 172 g/mol. The standard InChI is InChI=1S/C12H22N2/c1-2-12-4-3-11(1)14(12)9-10-5-7-13-8-6-10/h10-13H,1-9H2. The van der Waals surface area contributed by atoms with Gasteiger partial charge in [0.25, 0.3) is 0 Å². The molecule has 3 heterocycles. The second-order valence-corrected chi connectivity index (χ2v) is 5.35. The molecule has 80 valence electrons. The van der Waals surface area contributed by atoms with Crippen LogP contribution in [0.4, 0.5) is 0 Å². The molecule has 3 fully saturated rings. The zero-order valence-electron chi connectivity index (χ0n) is 9.04. The first-order chi connectivity index (χ1) is 6.93. The van der Waals surface area contributed by atoms with Gasteiger partial charge in [-0.15, -0.1) is 0 Å². The van der Waals surface area contributed by atoms with E-state index < -0.39 is 0 Å². The maximum atomic E-state index is 3.46. The van der Waals surface area contributed by atoms with Gasteiger partial charge in [-0.1, -0.05) is 0 Å². The minimum atomic E-state index is 0.981. The van der Waals surface area contributed by atoms with Crippen molar-refractivity contribution in [2.75, 3.05) is 19.6 Å². The molecule has 0 unspecified atom stereocenters. The van der Waals surface area contributed by atoms with Crippen LogP contribution in [0.5, 0.6) is 0 Å². The molecule has 2 bridgehead atoms. The predicted octanol–water partition coefficient (Wildman–Crippen LogP) is 1.61. The average Bonchev–Trinajstić information content (AvgIpc) is 2.80. The molecule has 2 heteroatoms. The van der Waals surface area contributed by atoms with Crippen LogP contribution in [-0.2, 0) is 0 Å². The van der Waals surface area contributed by atoms with Gasteiger partial charge in [0, 0.05) is 18.6 Å². The van der Waals surface area contributed by atoms with Crippen LogP contribution in [0.25, 0.3) is 0 Å². The summed E-state index contributed by atoms with van der Waals surface area (Å²) < 4.78 is 0. The Hall–Kier alpha value is -0.0800. The van der Waals surface area contributed by atoms with Gasteiger partial charge < -0.3 is 5.32 Å². The van der Waals surface area contributed by atoms with Crippen LogP contribution in [0.1, 0.15) is 38.5 Å². The highest BCUT2D eigenvalue weighted by Gasteiger charge is 2.39. The summed E-state index contributed by atoms with van der Waals surface area (Å²) in [6, 6.07) is 1.96. The highest BCUT2D eigenvalue weighted by Crippen LogP contribution is 2.38.